The van der Waals surface area contributed by atoms with Crippen LogP contribution in [0.25, 0.3) is 0 Å². The highest BCUT2D eigenvalue weighted by Crippen LogP contribution is 2.12. The summed E-state index contributed by atoms with van der Waals surface area (Å²) in [5, 5.41) is 12.4. The molecule has 4 heteroatoms. The molecule has 0 aromatic heterocycles. The van der Waals surface area contributed by atoms with E-state index in [0.29, 0.717) is 5.02 Å². The van der Waals surface area contributed by atoms with Crippen molar-refractivity contribution in [3.8, 4) is 6.07 Å². The van der Waals surface area contributed by atoms with E-state index in [1.807, 2.05) is 0 Å². The summed E-state index contributed by atoms with van der Waals surface area (Å²) in [7, 11) is 0. The molecule has 1 aromatic rings. The van der Waals surface area contributed by atoms with Gasteiger partial charge in [-0.15, -0.1) is 0 Å². The van der Waals surface area contributed by atoms with E-state index in [-0.39, 0.29) is 0 Å². The lowest BCUT2D eigenvalue weighted by Gasteiger charge is -1.97. The number of nitrogens with one attached hydrogen (secondary N) is 1. The van der Waals surface area contributed by atoms with Gasteiger partial charge in [-0.05, 0) is 24.3 Å². The van der Waals surface area contributed by atoms with Gasteiger partial charge < -0.3 is 0 Å². The number of benzene rings is 1. The third-order valence-electron chi connectivity index (χ3n) is 1.16. The molecule has 1 rings (SSSR count). The zero-order valence-corrected chi connectivity index (χ0v) is 6.92. The van der Waals surface area contributed by atoms with Crippen molar-refractivity contribution in [2.75, 3.05) is 5.43 Å². The smallest absolute Gasteiger partial charge is 0.124 e. The largest absolute Gasteiger partial charge is 0.278 e. The van der Waals surface area contributed by atoms with E-state index in [1.54, 1.807) is 30.3 Å². The van der Waals surface area contributed by atoms with Crippen LogP contribution < -0.4 is 5.43 Å². The van der Waals surface area contributed by atoms with E-state index in [4.69, 9.17) is 16.9 Å². The molecule has 60 valence electrons. The van der Waals surface area contributed by atoms with Crippen molar-refractivity contribution in [3.63, 3.8) is 0 Å². The lowest BCUT2D eigenvalue weighted by molar-refractivity contribution is 1.35. The molecule has 0 radical (unpaired) electrons. The van der Waals surface area contributed by atoms with Crippen LogP contribution in [0.3, 0.4) is 0 Å². The second kappa shape index (κ2) is 4.37. The molecule has 12 heavy (non-hydrogen) atoms. The minimum absolute atomic E-state index is 0.671. The zero-order valence-electron chi connectivity index (χ0n) is 6.16. The molecule has 0 saturated heterocycles. The standard InChI is InChI=1S/C8H6ClN3/c9-7-1-3-8(4-2-7)12-11-6-5-10/h1-4,6,12H. The number of hydrogen-bond donors (Lipinski definition) is 1. The lowest BCUT2D eigenvalue weighted by Crippen LogP contribution is -1.86. The van der Waals surface area contributed by atoms with E-state index in [1.165, 1.54) is 0 Å². The van der Waals surface area contributed by atoms with Gasteiger partial charge in [-0.2, -0.15) is 10.4 Å². The summed E-state index contributed by atoms with van der Waals surface area (Å²) in [6.45, 7) is 0. The van der Waals surface area contributed by atoms with Crippen LogP contribution in [0.15, 0.2) is 29.4 Å². The van der Waals surface area contributed by atoms with Gasteiger partial charge in [0.25, 0.3) is 0 Å². The molecular formula is C8H6ClN3. The van der Waals surface area contributed by atoms with E-state index in [0.717, 1.165) is 11.9 Å². The second-order valence-corrected chi connectivity index (χ2v) is 2.44. The van der Waals surface area contributed by atoms with E-state index in [2.05, 4.69) is 10.5 Å². The van der Waals surface area contributed by atoms with Crippen LogP contribution in [0, 0.1) is 11.3 Å². The van der Waals surface area contributed by atoms with Crippen molar-refractivity contribution in [1.29, 1.82) is 5.26 Å². The van der Waals surface area contributed by atoms with Crippen molar-refractivity contribution in [3.05, 3.63) is 29.3 Å². The highest BCUT2D eigenvalue weighted by Gasteiger charge is 1.87. The number of halogens is 1. The summed E-state index contributed by atoms with van der Waals surface area (Å²) in [6, 6.07) is 8.80. The molecule has 3 nitrogen and oxygen atoms in total. The van der Waals surface area contributed by atoms with E-state index >= 15 is 0 Å². The third kappa shape index (κ3) is 2.60. The van der Waals surface area contributed by atoms with Gasteiger partial charge in [0.2, 0.25) is 0 Å². The van der Waals surface area contributed by atoms with Gasteiger partial charge in [0, 0.05) is 5.02 Å². The van der Waals surface area contributed by atoms with Crippen LogP contribution in [-0.2, 0) is 0 Å². The minimum atomic E-state index is 0.671. The van der Waals surface area contributed by atoms with Crippen LogP contribution in [0.2, 0.25) is 5.02 Å². The SMILES string of the molecule is N#CC=NNc1ccc(Cl)cc1. The van der Waals surface area contributed by atoms with Crippen LogP contribution in [0.1, 0.15) is 0 Å². The van der Waals surface area contributed by atoms with Gasteiger partial charge in [-0.1, -0.05) is 11.6 Å². The average molecular weight is 180 g/mol. The van der Waals surface area contributed by atoms with Crippen molar-refractivity contribution >= 4 is 23.5 Å². The Labute approximate surface area is 75.3 Å². The number of nitriles is 1. The van der Waals surface area contributed by atoms with Crippen LogP contribution in [0.4, 0.5) is 5.69 Å². The topological polar surface area (TPSA) is 48.2 Å². The Morgan fingerprint density at radius 2 is 2.08 bits per heavy atom. The Kier molecular flexibility index (Phi) is 3.12. The predicted molar refractivity (Wildman–Crippen MR) is 49.2 cm³/mol. The maximum atomic E-state index is 8.13. The number of hydrogen-bond acceptors (Lipinski definition) is 3. The first-order chi connectivity index (χ1) is 5.83. The maximum Gasteiger partial charge on any atom is 0.124 e. The summed E-state index contributed by atoms with van der Waals surface area (Å²) in [5.74, 6) is 0. The molecule has 0 saturated carbocycles. The first kappa shape index (κ1) is 8.57. The molecule has 0 amide bonds. The Bertz CT molecular complexity index is 310. The summed E-state index contributed by atoms with van der Waals surface area (Å²) in [6.07, 6.45) is 1.12. The fourth-order valence-electron chi connectivity index (χ4n) is 0.660. The lowest BCUT2D eigenvalue weighted by atomic mass is 10.3. The molecular weight excluding hydrogens is 174 g/mol. The molecule has 0 aliphatic rings. The van der Waals surface area contributed by atoms with Gasteiger partial charge in [0.05, 0.1) is 5.69 Å². The monoisotopic (exact) mass is 179 g/mol. The maximum absolute atomic E-state index is 8.13. The van der Waals surface area contributed by atoms with Crippen molar-refractivity contribution in [1.82, 2.24) is 0 Å². The Morgan fingerprint density at radius 1 is 1.42 bits per heavy atom. The highest BCUT2D eigenvalue weighted by atomic mass is 35.5. The second-order valence-electron chi connectivity index (χ2n) is 2.01. The quantitative estimate of drug-likeness (QED) is 0.559. The molecule has 0 spiro atoms. The fraction of sp³-hybridized carbons (Fsp3) is 0. The Morgan fingerprint density at radius 3 is 2.67 bits per heavy atom. The average Bonchev–Trinajstić information content (AvgIpc) is 2.09. The van der Waals surface area contributed by atoms with Crippen molar-refractivity contribution in [2.45, 2.75) is 0 Å². The summed E-state index contributed by atoms with van der Waals surface area (Å²) in [4.78, 5) is 0. The predicted octanol–water partition coefficient (Wildman–Crippen LogP) is 2.26. The molecule has 0 atom stereocenters. The summed E-state index contributed by atoms with van der Waals surface area (Å²) in [5.41, 5.74) is 3.46. The molecule has 0 aliphatic heterocycles. The van der Waals surface area contributed by atoms with E-state index < -0.39 is 0 Å². The molecule has 0 heterocycles. The summed E-state index contributed by atoms with van der Waals surface area (Å²) >= 11 is 5.65. The molecule has 0 aliphatic carbocycles. The Hall–Kier alpha value is -1.53. The van der Waals surface area contributed by atoms with Crippen LogP contribution >= 0.6 is 11.6 Å². The van der Waals surface area contributed by atoms with Gasteiger partial charge in [0.15, 0.2) is 0 Å². The molecule has 1 aromatic carbocycles. The normalized spacial score (nSPS) is 9.67. The van der Waals surface area contributed by atoms with Crippen LogP contribution in [-0.4, -0.2) is 6.21 Å². The van der Waals surface area contributed by atoms with Gasteiger partial charge in [-0.3, -0.25) is 5.43 Å². The molecule has 0 fully saturated rings. The zero-order chi connectivity index (χ0) is 8.81. The molecule has 0 unspecified atom stereocenters. The van der Waals surface area contributed by atoms with E-state index in [9.17, 15) is 0 Å². The number of rotatable bonds is 2. The van der Waals surface area contributed by atoms with Gasteiger partial charge in [0.1, 0.15) is 12.3 Å². The fourth-order valence-corrected chi connectivity index (χ4v) is 0.786. The van der Waals surface area contributed by atoms with Crippen molar-refractivity contribution < 1.29 is 0 Å². The molecule has 0 bridgehead atoms. The Balaban J connectivity index is 2.60. The first-order valence-electron chi connectivity index (χ1n) is 3.25. The number of anilines is 1. The number of hydrazone groups is 1. The minimum Gasteiger partial charge on any atom is -0.278 e. The van der Waals surface area contributed by atoms with Gasteiger partial charge >= 0.3 is 0 Å². The first-order valence-corrected chi connectivity index (χ1v) is 3.63. The van der Waals surface area contributed by atoms with Crippen molar-refractivity contribution in [2.24, 2.45) is 5.10 Å². The van der Waals surface area contributed by atoms with Gasteiger partial charge in [-0.25, -0.2) is 0 Å². The summed E-state index contributed by atoms with van der Waals surface area (Å²) < 4.78 is 0. The number of nitrogens with zero attached hydrogens (tertiary/aromatic N) is 2. The highest BCUT2D eigenvalue weighted by molar-refractivity contribution is 6.30. The third-order valence-corrected chi connectivity index (χ3v) is 1.41. The molecule has 1 N–H and O–H groups in total. The van der Waals surface area contributed by atoms with Crippen LogP contribution in [0.5, 0.6) is 0 Å².